The maximum absolute atomic E-state index is 11.8. The zero-order valence-electron chi connectivity index (χ0n) is 10.5. The first-order valence-electron chi connectivity index (χ1n) is 6.27. The van der Waals surface area contributed by atoms with Crippen LogP contribution in [0.1, 0.15) is 30.3 Å². The summed E-state index contributed by atoms with van der Waals surface area (Å²) in [5.41, 5.74) is 0.578. The molecule has 0 saturated carbocycles. The summed E-state index contributed by atoms with van der Waals surface area (Å²) < 4.78 is 5.05. The molecule has 3 amide bonds. The fraction of sp³-hybridized carbons (Fsp3) is 0.545. The second-order valence-corrected chi connectivity index (χ2v) is 4.90. The zero-order chi connectivity index (χ0) is 14.3. The van der Waals surface area contributed by atoms with Gasteiger partial charge in [-0.3, -0.25) is 5.21 Å². The van der Waals surface area contributed by atoms with Gasteiger partial charge < -0.3 is 19.8 Å². The Kier molecular flexibility index (Phi) is 2.97. The minimum absolute atomic E-state index is 0.0255. The number of carboxylic acid groups (broad SMARTS) is 1. The van der Waals surface area contributed by atoms with E-state index in [0.29, 0.717) is 30.8 Å². The van der Waals surface area contributed by atoms with E-state index in [4.69, 9.17) is 9.63 Å². The SMILES string of the molecule is O=C(O)NCc1cc([C@@H]2CC[C@@H]3CN2C(=O)N3O)no1. The van der Waals surface area contributed by atoms with Crippen LogP contribution in [0.3, 0.4) is 0 Å². The number of rotatable bonds is 3. The van der Waals surface area contributed by atoms with Gasteiger partial charge in [-0.2, -0.15) is 0 Å². The molecule has 0 unspecified atom stereocenters. The van der Waals surface area contributed by atoms with Crippen molar-refractivity contribution in [2.75, 3.05) is 6.54 Å². The van der Waals surface area contributed by atoms with Crippen molar-refractivity contribution in [2.45, 2.75) is 31.5 Å². The van der Waals surface area contributed by atoms with Crippen molar-refractivity contribution in [3.63, 3.8) is 0 Å². The van der Waals surface area contributed by atoms with Crippen LogP contribution < -0.4 is 5.32 Å². The first kappa shape index (κ1) is 12.7. The van der Waals surface area contributed by atoms with E-state index in [1.54, 1.807) is 11.0 Å². The number of hydrogen-bond donors (Lipinski definition) is 3. The molecule has 1 aromatic heterocycles. The standard InChI is InChI=1S/C11H14N4O5/c16-10(17)12-4-7-3-8(13-20-7)9-2-1-6-5-14(9)11(18)15(6)19/h3,6,9,12,19H,1-2,4-5H2,(H,16,17)/t6-,9+/m1/s1. The highest BCUT2D eigenvalue weighted by atomic mass is 16.5. The van der Waals surface area contributed by atoms with Gasteiger partial charge >= 0.3 is 12.1 Å². The van der Waals surface area contributed by atoms with Crippen LogP contribution in [0.2, 0.25) is 0 Å². The molecule has 2 saturated heterocycles. The summed E-state index contributed by atoms with van der Waals surface area (Å²) in [7, 11) is 0. The maximum Gasteiger partial charge on any atom is 0.405 e. The molecule has 108 valence electrons. The Labute approximate surface area is 113 Å². The number of hydrogen-bond acceptors (Lipinski definition) is 5. The van der Waals surface area contributed by atoms with Gasteiger partial charge in [0.05, 0.1) is 18.6 Å². The third-order valence-corrected chi connectivity index (χ3v) is 3.68. The number of aromatic nitrogens is 1. The second kappa shape index (κ2) is 4.67. The summed E-state index contributed by atoms with van der Waals surface area (Å²) in [6, 6.07) is 0.816. The van der Waals surface area contributed by atoms with Crippen molar-refractivity contribution >= 4 is 12.1 Å². The first-order chi connectivity index (χ1) is 9.56. The first-order valence-corrected chi connectivity index (χ1v) is 6.27. The van der Waals surface area contributed by atoms with E-state index in [-0.39, 0.29) is 18.6 Å². The molecule has 1 aromatic rings. The highest BCUT2D eigenvalue weighted by molar-refractivity contribution is 5.76. The van der Waals surface area contributed by atoms with E-state index in [9.17, 15) is 14.8 Å². The van der Waals surface area contributed by atoms with Gasteiger partial charge in [0.15, 0.2) is 5.76 Å². The Balaban J connectivity index is 1.73. The molecule has 9 nitrogen and oxygen atoms in total. The molecule has 2 aliphatic heterocycles. The highest BCUT2D eigenvalue weighted by Crippen LogP contribution is 2.37. The minimum atomic E-state index is -1.14. The summed E-state index contributed by atoms with van der Waals surface area (Å²) >= 11 is 0. The number of urea groups is 1. The van der Waals surface area contributed by atoms with Crippen LogP contribution >= 0.6 is 0 Å². The van der Waals surface area contributed by atoms with Crippen LogP contribution in [0.25, 0.3) is 0 Å². The molecule has 9 heteroatoms. The molecule has 2 atom stereocenters. The summed E-state index contributed by atoms with van der Waals surface area (Å²) in [6.45, 7) is 0.493. The number of nitrogens with zero attached hydrogens (tertiary/aromatic N) is 3. The van der Waals surface area contributed by atoms with Crippen molar-refractivity contribution in [1.29, 1.82) is 0 Å². The van der Waals surface area contributed by atoms with E-state index in [1.807, 2.05) is 0 Å². The molecule has 0 aromatic carbocycles. The molecule has 2 aliphatic rings. The predicted octanol–water partition coefficient (Wildman–Crippen LogP) is 0.772. The molecule has 3 heterocycles. The van der Waals surface area contributed by atoms with E-state index in [1.165, 1.54) is 0 Å². The topological polar surface area (TPSA) is 119 Å². The van der Waals surface area contributed by atoms with Gasteiger partial charge in [-0.1, -0.05) is 5.16 Å². The van der Waals surface area contributed by atoms with Crippen molar-refractivity contribution < 1.29 is 24.4 Å². The van der Waals surface area contributed by atoms with Gasteiger partial charge in [-0.15, -0.1) is 0 Å². The third kappa shape index (κ3) is 2.05. The van der Waals surface area contributed by atoms with Crippen LogP contribution in [-0.4, -0.2) is 50.1 Å². The summed E-state index contributed by atoms with van der Waals surface area (Å²) in [6.07, 6.45) is 0.235. The van der Waals surface area contributed by atoms with E-state index in [2.05, 4.69) is 10.5 Å². The summed E-state index contributed by atoms with van der Waals surface area (Å²) in [5.74, 6) is 0.386. The smallest absolute Gasteiger partial charge is 0.405 e. The van der Waals surface area contributed by atoms with Gasteiger partial charge in [0, 0.05) is 12.6 Å². The van der Waals surface area contributed by atoms with Crippen molar-refractivity contribution in [3.05, 3.63) is 17.5 Å². The van der Waals surface area contributed by atoms with E-state index >= 15 is 0 Å². The number of hydroxylamine groups is 2. The average Bonchev–Trinajstić information content (AvgIpc) is 2.98. The van der Waals surface area contributed by atoms with Crippen molar-refractivity contribution in [2.24, 2.45) is 0 Å². The number of piperidine rings is 1. The fourth-order valence-corrected chi connectivity index (χ4v) is 2.69. The number of amides is 3. The average molecular weight is 282 g/mol. The molecule has 0 spiro atoms. The Hall–Kier alpha value is -2.29. The fourth-order valence-electron chi connectivity index (χ4n) is 2.69. The third-order valence-electron chi connectivity index (χ3n) is 3.68. The monoisotopic (exact) mass is 282 g/mol. The van der Waals surface area contributed by atoms with Gasteiger partial charge in [-0.25, -0.2) is 14.7 Å². The molecular weight excluding hydrogens is 268 g/mol. The summed E-state index contributed by atoms with van der Waals surface area (Å²) in [4.78, 5) is 23.8. The van der Waals surface area contributed by atoms with Crippen LogP contribution in [0, 0.1) is 0 Å². The lowest BCUT2D eigenvalue weighted by atomic mass is 9.98. The number of carbonyl (C=O) groups is 2. The van der Waals surface area contributed by atoms with Gasteiger partial charge in [0.25, 0.3) is 0 Å². The van der Waals surface area contributed by atoms with Crippen LogP contribution in [-0.2, 0) is 6.54 Å². The Morgan fingerprint density at radius 3 is 3.10 bits per heavy atom. The lowest BCUT2D eigenvalue weighted by molar-refractivity contribution is -0.0584. The Bertz CT molecular complexity index is 545. The number of nitrogens with one attached hydrogen (secondary N) is 1. The lowest BCUT2D eigenvalue weighted by Crippen LogP contribution is -2.34. The molecular formula is C11H14N4O5. The quantitative estimate of drug-likeness (QED) is 0.704. The molecule has 0 aliphatic carbocycles. The number of carbonyl (C=O) groups excluding carboxylic acids is 1. The van der Waals surface area contributed by atoms with Crippen LogP contribution in [0.15, 0.2) is 10.6 Å². The minimum Gasteiger partial charge on any atom is -0.465 e. The Morgan fingerprint density at radius 2 is 2.35 bits per heavy atom. The number of fused-ring (bicyclic) bond motifs is 2. The molecule has 3 N–H and O–H groups in total. The van der Waals surface area contributed by atoms with Crippen molar-refractivity contribution in [3.8, 4) is 0 Å². The highest BCUT2D eigenvalue weighted by Gasteiger charge is 2.45. The Morgan fingerprint density at radius 1 is 1.55 bits per heavy atom. The van der Waals surface area contributed by atoms with Crippen molar-refractivity contribution in [1.82, 2.24) is 20.4 Å². The van der Waals surface area contributed by atoms with Gasteiger partial charge in [-0.05, 0) is 12.8 Å². The maximum atomic E-state index is 11.8. The van der Waals surface area contributed by atoms with Crippen LogP contribution in [0.5, 0.6) is 0 Å². The molecule has 3 rings (SSSR count). The van der Waals surface area contributed by atoms with Gasteiger partial charge in [0.1, 0.15) is 5.69 Å². The largest absolute Gasteiger partial charge is 0.465 e. The van der Waals surface area contributed by atoms with Crippen LogP contribution in [0.4, 0.5) is 9.59 Å². The molecule has 0 radical (unpaired) electrons. The van der Waals surface area contributed by atoms with E-state index in [0.717, 1.165) is 5.06 Å². The predicted molar refractivity (Wildman–Crippen MR) is 62.9 cm³/mol. The molecule has 2 fully saturated rings. The lowest BCUT2D eigenvalue weighted by Gasteiger charge is -2.28. The second-order valence-electron chi connectivity index (χ2n) is 4.90. The zero-order valence-corrected chi connectivity index (χ0v) is 10.5. The molecule has 20 heavy (non-hydrogen) atoms. The van der Waals surface area contributed by atoms with E-state index < -0.39 is 12.1 Å². The summed E-state index contributed by atoms with van der Waals surface area (Å²) in [5, 5.41) is 25.0. The normalized spacial score (nSPS) is 25.1. The van der Waals surface area contributed by atoms with Gasteiger partial charge in [0.2, 0.25) is 0 Å². The molecule has 2 bridgehead atoms.